The van der Waals surface area contributed by atoms with Gasteiger partial charge < -0.3 is 0 Å². The highest BCUT2D eigenvalue weighted by Gasteiger charge is 2.30. The van der Waals surface area contributed by atoms with Crippen LogP contribution in [-0.2, 0) is 12.8 Å². The molecule has 1 aliphatic heterocycles. The zero-order valence-electron chi connectivity index (χ0n) is 11.5. The van der Waals surface area contributed by atoms with E-state index >= 15 is 0 Å². The van der Waals surface area contributed by atoms with Crippen LogP contribution in [0.15, 0.2) is 11.6 Å². The van der Waals surface area contributed by atoms with Crippen LogP contribution in [0, 0.1) is 0 Å². The molecular formula is C15H23N3. The molecule has 0 atom stereocenters. The Hall–Kier alpha value is -1.09. The van der Waals surface area contributed by atoms with Crippen molar-refractivity contribution in [2.45, 2.75) is 45.4 Å². The largest absolute Gasteiger partial charge is 0.299 e. The minimum atomic E-state index is 0.773. The summed E-state index contributed by atoms with van der Waals surface area (Å²) in [5, 5.41) is 7.83. The number of allylic oxidation sites excluding steroid dienone is 1. The summed E-state index contributed by atoms with van der Waals surface area (Å²) in [6.45, 7) is 7.78. The standard InChI is InChI=1S/C15H23N3/c1-11(2)5-8-18-9-6-13-14(7-10-18)16-17-15(13)12-3-4-12/h5,12H,3-4,6-10H2,1-2H3,(H,16,17). The lowest BCUT2D eigenvalue weighted by Crippen LogP contribution is -2.26. The van der Waals surface area contributed by atoms with Crippen molar-refractivity contribution in [3.05, 3.63) is 28.6 Å². The molecule has 1 N–H and O–H groups in total. The van der Waals surface area contributed by atoms with Crippen LogP contribution >= 0.6 is 0 Å². The normalized spacial score (nSPS) is 20.3. The molecule has 2 heterocycles. The van der Waals surface area contributed by atoms with Crippen molar-refractivity contribution < 1.29 is 0 Å². The van der Waals surface area contributed by atoms with E-state index in [0.29, 0.717) is 0 Å². The minimum Gasteiger partial charge on any atom is -0.299 e. The number of fused-ring (bicyclic) bond motifs is 1. The lowest BCUT2D eigenvalue weighted by Gasteiger charge is -2.17. The minimum absolute atomic E-state index is 0.773. The summed E-state index contributed by atoms with van der Waals surface area (Å²) >= 11 is 0. The number of aromatic amines is 1. The first kappa shape index (κ1) is 12.0. The Kier molecular flexibility index (Phi) is 3.25. The second kappa shape index (κ2) is 4.88. The fraction of sp³-hybridized carbons (Fsp3) is 0.667. The highest BCUT2D eigenvalue weighted by molar-refractivity contribution is 5.32. The molecule has 0 radical (unpaired) electrons. The maximum absolute atomic E-state index is 4.55. The quantitative estimate of drug-likeness (QED) is 0.830. The van der Waals surface area contributed by atoms with Crippen molar-refractivity contribution in [1.82, 2.24) is 15.1 Å². The van der Waals surface area contributed by atoms with Crippen molar-refractivity contribution >= 4 is 0 Å². The van der Waals surface area contributed by atoms with Crippen LogP contribution in [0.4, 0.5) is 0 Å². The Morgan fingerprint density at radius 2 is 2.11 bits per heavy atom. The van der Waals surface area contributed by atoms with Crippen LogP contribution in [0.5, 0.6) is 0 Å². The van der Waals surface area contributed by atoms with Gasteiger partial charge >= 0.3 is 0 Å². The van der Waals surface area contributed by atoms with Gasteiger partial charge in [0.25, 0.3) is 0 Å². The monoisotopic (exact) mass is 245 g/mol. The summed E-state index contributed by atoms with van der Waals surface area (Å²) in [6.07, 6.45) is 7.33. The number of nitrogens with zero attached hydrogens (tertiary/aromatic N) is 2. The molecule has 3 heteroatoms. The Morgan fingerprint density at radius 3 is 2.83 bits per heavy atom. The van der Waals surface area contributed by atoms with E-state index in [1.54, 1.807) is 0 Å². The van der Waals surface area contributed by atoms with Gasteiger partial charge in [0, 0.05) is 37.7 Å². The molecule has 3 rings (SSSR count). The first-order valence-electron chi connectivity index (χ1n) is 7.16. The van der Waals surface area contributed by atoms with Gasteiger partial charge in [0.2, 0.25) is 0 Å². The highest BCUT2D eigenvalue weighted by Crippen LogP contribution is 2.41. The van der Waals surface area contributed by atoms with Gasteiger partial charge in [-0.25, -0.2) is 0 Å². The Bertz CT molecular complexity index is 450. The molecule has 0 saturated heterocycles. The number of H-pyrrole nitrogens is 1. The highest BCUT2D eigenvalue weighted by atomic mass is 15.2. The van der Waals surface area contributed by atoms with Gasteiger partial charge in [0.1, 0.15) is 0 Å². The van der Waals surface area contributed by atoms with Crippen LogP contribution in [0.3, 0.4) is 0 Å². The number of aromatic nitrogens is 2. The molecule has 0 amide bonds. The second-order valence-corrected chi connectivity index (χ2v) is 5.92. The summed E-state index contributed by atoms with van der Waals surface area (Å²) in [5.74, 6) is 0.773. The van der Waals surface area contributed by atoms with Gasteiger partial charge in [0.05, 0.1) is 5.69 Å². The molecule has 1 aliphatic carbocycles. The van der Waals surface area contributed by atoms with E-state index in [-0.39, 0.29) is 0 Å². The van der Waals surface area contributed by atoms with Gasteiger partial charge in [-0.15, -0.1) is 0 Å². The van der Waals surface area contributed by atoms with E-state index < -0.39 is 0 Å². The second-order valence-electron chi connectivity index (χ2n) is 5.92. The molecule has 1 saturated carbocycles. The summed E-state index contributed by atoms with van der Waals surface area (Å²) in [5.41, 5.74) is 5.74. The van der Waals surface area contributed by atoms with Gasteiger partial charge in [-0.3, -0.25) is 10.00 Å². The van der Waals surface area contributed by atoms with Crippen molar-refractivity contribution in [1.29, 1.82) is 0 Å². The molecule has 3 nitrogen and oxygen atoms in total. The number of rotatable bonds is 3. The van der Waals surface area contributed by atoms with Gasteiger partial charge in [-0.1, -0.05) is 11.6 Å². The summed E-state index contributed by atoms with van der Waals surface area (Å²) in [6, 6.07) is 0. The van der Waals surface area contributed by atoms with E-state index in [9.17, 15) is 0 Å². The van der Waals surface area contributed by atoms with Crippen molar-refractivity contribution in [2.24, 2.45) is 0 Å². The van der Waals surface area contributed by atoms with E-state index in [1.807, 2.05) is 0 Å². The molecular weight excluding hydrogens is 222 g/mol. The molecule has 1 aromatic heterocycles. The SMILES string of the molecule is CC(C)=CCN1CCc2[nH]nc(C3CC3)c2CC1. The van der Waals surface area contributed by atoms with E-state index in [4.69, 9.17) is 0 Å². The molecule has 2 aliphatic rings. The first-order valence-corrected chi connectivity index (χ1v) is 7.16. The zero-order valence-corrected chi connectivity index (χ0v) is 11.5. The Balaban J connectivity index is 1.68. The Labute approximate surface area is 109 Å². The van der Waals surface area contributed by atoms with Crippen LogP contribution in [0.1, 0.15) is 49.6 Å². The van der Waals surface area contributed by atoms with Crippen molar-refractivity contribution in [2.75, 3.05) is 19.6 Å². The average Bonchev–Trinajstić information content (AvgIpc) is 3.13. The van der Waals surface area contributed by atoms with Crippen molar-refractivity contribution in [3.8, 4) is 0 Å². The summed E-state index contributed by atoms with van der Waals surface area (Å²) in [7, 11) is 0. The molecule has 1 fully saturated rings. The third-order valence-corrected chi connectivity index (χ3v) is 4.06. The van der Waals surface area contributed by atoms with E-state index in [0.717, 1.165) is 25.4 Å². The van der Waals surface area contributed by atoms with E-state index in [1.165, 1.54) is 48.3 Å². The Morgan fingerprint density at radius 1 is 1.33 bits per heavy atom. The maximum Gasteiger partial charge on any atom is 0.0688 e. The van der Waals surface area contributed by atoms with Gasteiger partial charge in [-0.05, 0) is 38.7 Å². The van der Waals surface area contributed by atoms with Crippen LogP contribution in [0.2, 0.25) is 0 Å². The number of nitrogens with one attached hydrogen (secondary N) is 1. The zero-order chi connectivity index (χ0) is 12.5. The van der Waals surface area contributed by atoms with Gasteiger partial charge in [0.15, 0.2) is 0 Å². The van der Waals surface area contributed by atoms with Crippen LogP contribution < -0.4 is 0 Å². The van der Waals surface area contributed by atoms with Gasteiger partial charge in [-0.2, -0.15) is 5.10 Å². The fourth-order valence-corrected chi connectivity index (χ4v) is 2.74. The molecule has 18 heavy (non-hydrogen) atoms. The summed E-state index contributed by atoms with van der Waals surface area (Å²) < 4.78 is 0. The molecule has 0 unspecified atom stereocenters. The molecule has 98 valence electrons. The predicted molar refractivity (Wildman–Crippen MR) is 73.8 cm³/mol. The number of hydrogen-bond acceptors (Lipinski definition) is 2. The smallest absolute Gasteiger partial charge is 0.0688 e. The molecule has 0 bridgehead atoms. The topological polar surface area (TPSA) is 31.9 Å². The number of hydrogen-bond donors (Lipinski definition) is 1. The third kappa shape index (κ3) is 2.51. The molecule has 0 spiro atoms. The lowest BCUT2D eigenvalue weighted by atomic mass is 10.1. The third-order valence-electron chi connectivity index (χ3n) is 4.06. The first-order chi connectivity index (χ1) is 8.74. The molecule has 0 aromatic carbocycles. The van der Waals surface area contributed by atoms with Crippen LogP contribution in [0.25, 0.3) is 0 Å². The van der Waals surface area contributed by atoms with Crippen LogP contribution in [-0.4, -0.2) is 34.7 Å². The summed E-state index contributed by atoms with van der Waals surface area (Å²) in [4.78, 5) is 2.55. The maximum atomic E-state index is 4.55. The average molecular weight is 245 g/mol. The predicted octanol–water partition coefficient (Wildman–Crippen LogP) is 2.65. The fourth-order valence-electron chi connectivity index (χ4n) is 2.74. The molecule has 1 aromatic rings. The van der Waals surface area contributed by atoms with Crippen molar-refractivity contribution in [3.63, 3.8) is 0 Å². The van der Waals surface area contributed by atoms with E-state index in [2.05, 4.69) is 35.0 Å². The lowest BCUT2D eigenvalue weighted by molar-refractivity contribution is 0.316.